The number of ether oxygens (including phenoxy) is 3. The lowest BCUT2D eigenvalue weighted by Gasteiger charge is -2.09. The highest BCUT2D eigenvalue weighted by molar-refractivity contribution is 7.18. The van der Waals surface area contributed by atoms with E-state index in [2.05, 4.69) is 10.4 Å². The summed E-state index contributed by atoms with van der Waals surface area (Å²) in [5.41, 5.74) is 0.805. The monoisotopic (exact) mass is 493 g/mol. The van der Waals surface area contributed by atoms with Crippen LogP contribution in [0.2, 0.25) is 0 Å². The Kier molecular flexibility index (Phi) is 6.83. The molecule has 4 aromatic rings. The Balaban J connectivity index is 1.77. The quantitative estimate of drug-likeness (QED) is 0.386. The highest BCUT2D eigenvalue weighted by Gasteiger charge is 2.23. The van der Waals surface area contributed by atoms with Gasteiger partial charge >= 0.3 is 5.97 Å². The van der Waals surface area contributed by atoms with E-state index < -0.39 is 11.9 Å². The third kappa shape index (κ3) is 4.60. The normalized spacial score (nSPS) is 10.7. The molecule has 1 amide bonds. The third-order valence-corrected chi connectivity index (χ3v) is 6.44. The average Bonchev–Trinajstić information content (AvgIpc) is 3.29. The predicted molar refractivity (Wildman–Crippen MR) is 134 cm³/mol. The second kappa shape index (κ2) is 9.98. The van der Waals surface area contributed by atoms with Crippen LogP contribution in [-0.2, 0) is 11.8 Å². The summed E-state index contributed by atoms with van der Waals surface area (Å²) in [4.78, 5) is 39.3. The first kappa shape index (κ1) is 24.0. The largest absolute Gasteiger partial charge is 0.493 e. The number of hydrogen-bond donors (Lipinski definition) is 1. The van der Waals surface area contributed by atoms with E-state index in [4.69, 9.17) is 14.2 Å². The van der Waals surface area contributed by atoms with Gasteiger partial charge in [0.1, 0.15) is 4.88 Å². The first-order chi connectivity index (χ1) is 16.9. The molecule has 0 saturated carbocycles. The zero-order chi connectivity index (χ0) is 25.1. The second-order valence-corrected chi connectivity index (χ2v) is 8.47. The molecule has 0 fully saturated rings. The minimum atomic E-state index is -0.558. The van der Waals surface area contributed by atoms with Crippen molar-refractivity contribution in [3.8, 4) is 21.9 Å². The van der Waals surface area contributed by atoms with Crippen LogP contribution in [0.3, 0.4) is 0 Å². The molecule has 0 spiro atoms. The molecule has 0 saturated heterocycles. The van der Waals surface area contributed by atoms with Crippen molar-refractivity contribution in [1.82, 2.24) is 9.78 Å². The van der Waals surface area contributed by atoms with Crippen LogP contribution in [0.4, 0.5) is 5.69 Å². The van der Waals surface area contributed by atoms with Crippen molar-refractivity contribution in [2.45, 2.75) is 6.92 Å². The molecule has 10 heteroatoms. The van der Waals surface area contributed by atoms with E-state index in [-0.39, 0.29) is 28.4 Å². The minimum Gasteiger partial charge on any atom is -0.493 e. The molecule has 2 heterocycles. The minimum absolute atomic E-state index is 0.0661. The van der Waals surface area contributed by atoms with Crippen molar-refractivity contribution in [2.24, 2.45) is 7.05 Å². The van der Waals surface area contributed by atoms with E-state index in [9.17, 15) is 14.4 Å². The molecule has 0 aliphatic carbocycles. The van der Waals surface area contributed by atoms with Gasteiger partial charge in [-0.25, -0.2) is 9.48 Å². The van der Waals surface area contributed by atoms with Crippen LogP contribution >= 0.6 is 11.3 Å². The molecule has 0 bridgehead atoms. The number of esters is 1. The lowest BCUT2D eigenvalue weighted by atomic mass is 10.1. The number of fused-ring (bicyclic) bond motifs is 1. The Morgan fingerprint density at radius 2 is 1.74 bits per heavy atom. The fourth-order valence-electron chi connectivity index (χ4n) is 3.61. The summed E-state index contributed by atoms with van der Waals surface area (Å²) in [7, 11) is 4.57. The number of nitrogens with zero attached hydrogens (tertiary/aromatic N) is 2. The van der Waals surface area contributed by atoms with Crippen LogP contribution in [0.1, 0.15) is 27.1 Å². The molecule has 180 valence electrons. The lowest BCUT2D eigenvalue weighted by molar-refractivity contribution is 0.0533. The second-order valence-electron chi connectivity index (χ2n) is 7.42. The van der Waals surface area contributed by atoms with E-state index in [1.807, 2.05) is 6.07 Å². The number of nitrogens with one attached hydrogen (secondary N) is 1. The molecule has 0 atom stereocenters. The Hall–Kier alpha value is -4.18. The van der Waals surface area contributed by atoms with Gasteiger partial charge in [-0.15, -0.1) is 11.3 Å². The van der Waals surface area contributed by atoms with Crippen molar-refractivity contribution < 1.29 is 23.8 Å². The van der Waals surface area contributed by atoms with Gasteiger partial charge in [-0.3, -0.25) is 9.59 Å². The Labute approximate surface area is 204 Å². The molecule has 2 aromatic heterocycles. The summed E-state index contributed by atoms with van der Waals surface area (Å²) in [5.74, 6) is -0.0149. The van der Waals surface area contributed by atoms with E-state index in [1.165, 1.54) is 25.5 Å². The molecule has 0 aliphatic heterocycles. The molecule has 9 nitrogen and oxygen atoms in total. The number of rotatable bonds is 7. The van der Waals surface area contributed by atoms with Gasteiger partial charge in [-0.2, -0.15) is 5.10 Å². The van der Waals surface area contributed by atoms with E-state index in [1.54, 1.807) is 56.5 Å². The van der Waals surface area contributed by atoms with Crippen LogP contribution < -0.4 is 20.3 Å². The van der Waals surface area contributed by atoms with Crippen LogP contribution in [0.15, 0.2) is 53.3 Å². The fraction of sp³-hybridized carbons (Fsp3) is 0.200. The van der Waals surface area contributed by atoms with Gasteiger partial charge in [0.25, 0.3) is 11.5 Å². The number of thiophene rings is 1. The fourth-order valence-corrected chi connectivity index (χ4v) is 4.62. The SMILES string of the molecule is CCOC(=O)c1sc(-c2ccc(OC)c(OC)c2)cc1NC(=O)c1nn(C)c(=O)c2ccccc12. The van der Waals surface area contributed by atoms with Crippen LogP contribution in [0.5, 0.6) is 11.5 Å². The highest BCUT2D eigenvalue weighted by Crippen LogP contribution is 2.39. The maximum atomic E-state index is 13.3. The van der Waals surface area contributed by atoms with Crippen LogP contribution in [0.25, 0.3) is 21.2 Å². The number of amides is 1. The Morgan fingerprint density at radius 1 is 1.03 bits per heavy atom. The average molecular weight is 494 g/mol. The van der Waals surface area contributed by atoms with Gasteiger partial charge < -0.3 is 19.5 Å². The summed E-state index contributed by atoms with van der Waals surface area (Å²) >= 11 is 1.18. The van der Waals surface area contributed by atoms with Crippen LogP contribution in [-0.4, -0.2) is 42.5 Å². The maximum Gasteiger partial charge on any atom is 0.350 e. The van der Waals surface area contributed by atoms with Crippen molar-refractivity contribution in [2.75, 3.05) is 26.1 Å². The number of carbonyl (C=O) groups excluding carboxylic acids is 2. The smallest absolute Gasteiger partial charge is 0.350 e. The van der Waals surface area contributed by atoms with Gasteiger partial charge in [0, 0.05) is 17.3 Å². The zero-order valence-electron chi connectivity index (χ0n) is 19.6. The lowest BCUT2D eigenvalue weighted by Crippen LogP contribution is -2.25. The molecule has 4 rings (SSSR count). The standard InChI is InChI=1S/C25H23N3O6S/c1-5-34-25(31)22-17(13-20(35-22)14-10-11-18(32-3)19(12-14)33-4)26-23(29)21-15-8-6-7-9-16(15)24(30)28(2)27-21/h6-13H,5H2,1-4H3,(H,26,29). The summed E-state index contributed by atoms with van der Waals surface area (Å²) in [6, 6.07) is 13.8. The highest BCUT2D eigenvalue weighted by atomic mass is 32.1. The van der Waals surface area contributed by atoms with Gasteiger partial charge in [0.05, 0.1) is 31.9 Å². The Morgan fingerprint density at radius 3 is 2.43 bits per heavy atom. The summed E-state index contributed by atoms with van der Waals surface area (Å²) in [6.45, 7) is 1.89. The van der Waals surface area contributed by atoms with E-state index >= 15 is 0 Å². The van der Waals surface area contributed by atoms with Crippen molar-refractivity contribution in [1.29, 1.82) is 0 Å². The summed E-state index contributed by atoms with van der Waals surface area (Å²) in [5, 5.41) is 7.74. The number of benzene rings is 2. The maximum absolute atomic E-state index is 13.3. The van der Waals surface area contributed by atoms with Crippen molar-refractivity contribution >= 4 is 39.7 Å². The molecule has 0 unspecified atom stereocenters. The molecular formula is C25H23N3O6S. The molecule has 2 aromatic carbocycles. The number of aryl methyl sites for hydroxylation is 1. The molecule has 0 radical (unpaired) electrons. The Bertz CT molecular complexity index is 1490. The topological polar surface area (TPSA) is 109 Å². The van der Waals surface area contributed by atoms with Gasteiger partial charge in [0.15, 0.2) is 17.2 Å². The summed E-state index contributed by atoms with van der Waals surface area (Å²) < 4.78 is 17.0. The predicted octanol–water partition coefficient (Wildman–Crippen LogP) is 4.11. The van der Waals surface area contributed by atoms with Crippen molar-refractivity contribution in [3.63, 3.8) is 0 Å². The zero-order valence-corrected chi connectivity index (χ0v) is 20.4. The summed E-state index contributed by atoms with van der Waals surface area (Å²) in [6.07, 6.45) is 0. The molecule has 0 aliphatic rings. The van der Waals surface area contributed by atoms with Gasteiger partial charge in [0.2, 0.25) is 0 Å². The number of hydrogen-bond acceptors (Lipinski definition) is 8. The van der Waals surface area contributed by atoms with E-state index in [0.717, 1.165) is 10.2 Å². The number of methoxy groups -OCH3 is 2. The van der Waals surface area contributed by atoms with Gasteiger partial charge in [-0.05, 0) is 42.8 Å². The van der Waals surface area contributed by atoms with Crippen LogP contribution in [0, 0.1) is 0 Å². The first-order valence-corrected chi connectivity index (χ1v) is 11.5. The number of carbonyl (C=O) groups is 2. The third-order valence-electron chi connectivity index (χ3n) is 5.28. The number of aromatic nitrogens is 2. The molecular weight excluding hydrogens is 470 g/mol. The molecule has 1 N–H and O–H groups in total. The van der Waals surface area contributed by atoms with E-state index in [0.29, 0.717) is 27.1 Å². The van der Waals surface area contributed by atoms with Gasteiger partial charge in [-0.1, -0.05) is 18.2 Å². The molecule has 35 heavy (non-hydrogen) atoms. The van der Waals surface area contributed by atoms with Crippen molar-refractivity contribution in [3.05, 3.63) is 69.5 Å². The number of anilines is 1. The first-order valence-electron chi connectivity index (χ1n) is 10.7.